The van der Waals surface area contributed by atoms with E-state index in [0.717, 1.165) is 71.8 Å². The van der Waals surface area contributed by atoms with Gasteiger partial charge >= 0.3 is 0 Å². The number of oxazole rings is 1. The van der Waals surface area contributed by atoms with Gasteiger partial charge in [-0.05, 0) is 72.8 Å². The predicted octanol–water partition coefficient (Wildman–Crippen LogP) is 12.7. The molecule has 0 amide bonds. The van der Waals surface area contributed by atoms with Crippen molar-refractivity contribution in [3.8, 4) is 22.8 Å². The van der Waals surface area contributed by atoms with Gasteiger partial charge in [-0.1, -0.05) is 91.0 Å². The van der Waals surface area contributed by atoms with Gasteiger partial charge in [0.2, 0.25) is 5.89 Å². The summed E-state index contributed by atoms with van der Waals surface area (Å²) in [6.07, 6.45) is 0. The van der Waals surface area contributed by atoms with Crippen molar-refractivity contribution in [2.45, 2.75) is 0 Å². The molecule has 0 unspecified atom stereocenters. The molecule has 0 atom stereocenters. The summed E-state index contributed by atoms with van der Waals surface area (Å²) in [7, 11) is 0. The van der Waals surface area contributed by atoms with Crippen molar-refractivity contribution in [3.05, 3.63) is 164 Å². The molecule has 0 radical (unpaired) electrons. The highest BCUT2D eigenvalue weighted by Crippen LogP contribution is 2.44. The predicted molar refractivity (Wildman–Crippen MR) is 213 cm³/mol. The van der Waals surface area contributed by atoms with E-state index in [-0.39, 0.29) is 0 Å². The standard InChI is InChI=1S/C47H27N3O2/c1-2-12-29(13-3-1)49-39-19-9-6-15-31(39)34-26-43-35(25-42(34)49)32-16-7-10-20-40(32)50(43)41-27-37-36-24-28(47-48-38-18-8-11-21-45(38)52-47)22-23-44(36)51-46(37)33-17-5-4-14-30(33)41/h1-27H. The maximum Gasteiger partial charge on any atom is 0.227 e. The van der Waals surface area contributed by atoms with E-state index in [1.54, 1.807) is 0 Å². The second kappa shape index (κ2) is 10.2. The molecule has 4 heterocycles. The Balaban J connectivity index is 1.19. The Kier molecular flexibility index (Phi) is 5.44. The fourth-order valence-corrected chi connectivity index (χ4v) is 8.44. The van der Waals surface area contributed by atoms with Gasteiger partial charge in [-0.2, -0.15) is 0 Å². The topological polar surface area (TPSA) is 49.0 Å². The van der Waals surface area contributed by atoms with Crippen LogP contribution < -0.4 is 0 Å². The number of aromatic nitrogens is 3. The molecule has 4 aromatic heterocycles. The van der Waals surface area contributed by atoms with E-state index in [1.165, 1.54) is 32.6 Å². The summed E-state index contributed by atoms with van der Waals surface area (Å²) < 4.78 is 17.7. The average Bonchev–Trinajstić information content (AvgIpc) is 3.96. The lowest BCUT2D eigenvalue weighted by molar-refractivity contribution is 0.620. The number of para-hydroxylation sites is 5. The van der Waals surface area contributed by atoms with Crippen molar-refractivity contribution in [2.24, 2.45) is 0 Å². The van der Waals surface area contributed by atoms with Gasteiger partial charge in [0.25, 0.3) is 0 Å². The van der Waals surface area contributed by atoms with Gasteiger partial charge in [0.15, 0.2) is 5.58 Å². The largest absolute Gasteiger partial charge is 0.455 e. The van der Waals surface area contributed by atoms with Crippen LogP contribution in [0.2, 0.25) is 0 Å². The minimum Gasteiger partial charge on any atom is -0.455 e. The summed E-state index contributed by atoms with van der Waals surface area (Å²) in [5.74, 6) is 0.597. The van der Waals surface area contributed by atoms with E-state index in [2.05, 4.69) is 137 Å². The molecule has 0 saturated carbocycles. The summed E-state index contributed by atoms with van der Waals surface area (Å²) in [5.41, 5.74) is 11.2. The zero-order valence-electron chi connectivity index (χ0n) is 27.7. The Labute approximate surface area is 296 Å². The van der Waals surface area contributed by atoms with E-state index in [4.69, 9.17) is 13.8 Å². The summed E-state index contributed by atoms with van der Waals surface area (Å²) in [6.45, 7) is 0. The molecule has 0 spiro atoms. The first-order valence-electron chi connectivity index (χ1n) is 17.5. The molecule has 0 aliphatic carbocycles. The number of nitrogens with zero attached hydrogens (tertiary/aromatic N) is 3. The van der Waals surface area contributed by atoms with Crippen LogP contribution in [0.15, 0.2) is 173 Å². The number of rotatable bonds is 3. The molecule has 12 rings (SSSR count). The molecule has 8 aromatic carbocycles. The van der Waals surface area contributed by atoms with E-state index >= 15 is 0 Å². The maximum absolute atomic E-state index is 6.65. The quantitative estimate of drug-likeness (QED) is 0.189. The number of benzene rings is 8. The van der Waals surface area contributed by atoms with Gasteiger partial charge in [0.1, 0.15) is 16.7 Å². The van der Waals surface area contributed by atoms with Crippen LogP contribution in [0.4, 0.5) is 0 Å². The Morgan fingerprint density at radius 3 is 1.79 bits per heavy atom. The number of fused-ring (bicyclic) bond motifs is 12. The van der Waals surface area contributed by atoms with Crippen LogP contribution in [-0.4, -0.2) is 14.1 Å². The molecule has 0 fully saturated rings. The number of hydrogen-bond donors (Lipinski definition) is 0. The van der Waals surface area contributed by atoms with Gasteiger partial charge < -0.3 is 18.0 Å². The van der Waals surface area contributed by atoms with Crippen molar-refractivity contribution < 1.29 is 8.83 Å². The van der Waals surface area contributed by atoms with Crippen LogP contribution in [0.5, 0.6) is 0 Å². The second-order valence-corrected chi connectivity index (χ2v) is 13.5. The normalized spacial score (nSPS) is 12.2. The van der Waals surface area contributed by atoms with Crippen LogP contribution >= 0.6 is 0 Å². The van der Waals surface area contributed by atoms with Gasteiger partial charge in [-0.15, -0.1) is 0 Å². The van der Waals surface area contributed by atoms with Gasteiger partial charge in [-0.25, -0.2) is 4.98 Å². The minimum atomic E-state index is 0.597. The van der Waals surface area contributed by atoms with Crippen LogP contribution in [0.25, 0.3) is 110 Å². The molecule has 0 bridgehead atoms. The number of furan rings is 1. The third kappa shape index (κ3) is 3.74. The van der Waals surface area contributed by atoms with Crippen LogP contribution in [0, 0.1) is 0 Å². The SMILES string of the molecule is c1ccc(-n2c3ccccc3c3cc4c(cc32)c2ccccc2n4-c2cc3c4cc(-c5nc6ccccc6o5)ccc4oc3c3ccccc23)cc1. The highest BCUT2D eigenvalue weighted by Gasteiger charge is 2.22. The van der Waals surface area contributed by atoms with Crippen molar-refractivity contribution in [3.63, 3.8) is 0 Å². The summed E-state index contributed by atoms with van der Waals surface area (Å²) in [4.78, 5) is 4.79. The lowest BCUT2D eigenvalue weighted by Gasteiger charge is -2.13. The lowest BCUT2D eigenvalue weighted by Crippen LogP contribution is -1.96. The third-order valence-corrected chi connectivity index (χ3v) is 10.7. The first-order chi connectivity index (χ1) is 25.8. The average molecular weight is 666 g/mol. The fraction of sp³-hybridized carbons (Fsp3) is 0. The van der Waals surface area contributed by atoms with Gasteiger partial charge in [0.05, 0.1) is 27.8 Å². The molecule has 52 heavy (non-hydrogen) atoms. The maximum atomic E-state index is 6.65. The van der Waals surface area contributed by atoms with E-state index in [0.29, 0.717) is 5.89 Å². The van der Waals surface area contributed by atoms with E-state index in [9.17, 15) is 0 Å². The molecule has 5 heteroatoms. The Morgan fingerprint density at radius 1 is 0.385 bits per heavy atom. The molecule has 0 saturated heterocycles. The van der Waals surface area contributed by atoms with E-state index < -0.39 is 0 Å². The van der Waals surface area contributed by atoms with Crippen molar-refractivity contribution in [2.75, 3.05) is 0 Å². The first-order valence-corrected chi connectivity index (χ1v) is 17.5. The van der Waals surface area contributed by atoms with Gasteiger partial charge in [-0.3, -0.25) is 0 Å². The number of hydrogen-bond acceptors (Lipinski definition) is 3. The van der Waals surface area contributed by atoms with Crippen molar-refractivity contribution in [1.82, 2.24) is 14.1 Å². The molecule has 5 nitrogen and oxygen atoms in total. The molecule has 242 valence electrons. The zero-order chi connectivity index (χ0) is 33.9. The first kappa shape index (κ1) is 27.7. The highest BCUT2D eigenvalue weighted by atomic mass is 16.3. The summed E-state index contributed by atoms with van der Waals surface area (Å²) >= 11 is 0. The molecule has 0 aliphatic rings. The summed E-state index contributed by atoms with van der Waals surface area (Å²) in [5, 5.41) is 9.15. The Bertz CT molecular complexity index is 3380. The monoisotopic (exact) mass is 665 g/mol. The smallest absolute Gasteiger partial charge is 0.227 e. The molecular weight excluding hydrogens is 639 g/mol. The van der Waals surface area contributed by atoms with Gasteiger partial charge in [0, 0.05) is 54.3 Å². The summed E-state index contributed by atoms with van der Waals surface area (Å²) in [6, 6.07) is 57.9. The van der Waals surface area contributed by atoms with Crippen LogP contribution in [0.1, 0.15) is 0 Å². The van der Waals surface area contributed by atoms with Crippen molar-refractivity contribution >= 4 is 87.4 Å². The molecule has 0 aliphatic heterocycles. The van der Waals surface area contributed by atoms with E-state index in [1.807, 2.05) is 36.4 Å². The lowest BCUT2D eigenvalue weighted by atomic mass is 10.0. The third-order valence-electron chi connectivity index (χ3n) is 10.7. The molecular formula is C47H27N3O2. The Morgan fingerprint density at radius 2 is 1.02 bits per heavy atom. The zero-order valence-corrected chi connectivity index (χ0v) is 27.7. The van der Waals surface area contributed by atoms with Crippen LogP contribution in [0.3, 0.4) is 0 Å². The molecule has 0 N–H and O–H groups in total. The van der Waals surface area contributed by atoms with Crippen LogP contribution in [-0.2, 0) is 0 Å². The highest BCUT2D eigenvalue weighted by molar-refractivity contribution is 6.22. The fourth-order valence-electron chi connectivity index (χ4n) is 8.44. The molecule has 12 aromatic rings. The minimum absolute atomic E-state index is 0.597. The second-order valence-electron chi connectivity index (χ2n) is 13.5. The van der Waals surface area contributed by atoms with Crippen molar-refractivity contribution in [1.29, 1.82) is 0 Å². The Hall–Kier alpha value is -7.11.